The second-order valence-corrected chi connectivity index (χ2v) is 7.20. The summed E-state index contributed by atoms with van der Waals surface area (Å²) >= 11 is 1.55. The average Bonchev–Trinajstić information content (AvgIpc) is 2.93. The van der Waals surface area contributed by atoms with Crippen LogP contribution in [0.1, 0.15) is 22.1 Å². The number of fused-ring (bicyclic) bond motifs is 1. The quantitative estimate of drug-likeness (QED) is 0.689. The second-order valence-electron chi connectivity index (χ2n) is 6.11. The first-order chi connectivity index (χ1) is 13.7. The minimum atomic E-state index is -0.0835. The molecule has 28 heavy (non-hydrogen) atoms. The van der Waals surface area contributed by atoms with Gasteiger partial charge in [-0.3, -0.25) is 4.79 Å². The Morgan fingerprint density at radius 2 is 2.07 bits per heavy atom. The molecule has 0 unspecified atom stereocenters. The number of rotatable bonds is 4. The molecule has 1 aliphatic heterocycles. The number of carbonyl (C=O) groups excluding carboxylic acids is 1. The number of terminal acetylenes is 1. The molecule has 3 heterocycles. The maximum atomic E-state index is 12.3. The number of ether oxygens (including phenoxy) is 1. The van der Waals surface area contributed by atoms with Crippen LogP contribution in [0.4, 0.5) is 5.82 Å². The molecule has 0 fully saturated rings. The molecule has 0 saturated heterocycles. The summed E-state index contributed by atoms with van der Waals surface area (Å²) in [5, 5.41) is 7.49. The molecule has 4 rings (SSSR count). The number of aromatic nitrogens is 4. The van der Waals surface area contributed by atoms with Crippen LogP contribution in [0.5, 0.6) is 5.75 Å². The fourth-order valence-corrected chi connectivity index (χ4v) is 4.24. The van der Waals surface area contributed by atoms with Crippen LogP contribution in [-0.4, -0.2) is 38.0 Å². The van der Waals surface area contributed by atoms with E-state index >= 15 is 0 Å². The number of nitrogens with one attached hydrogen (secondary N) is 1. The number of aryl methyl sites for hydroxylation is 1. The van der Waals surface area contributed by atoms with E-state index in [-0.39, 0.29) is 17.8 Å². The Labute approximate surface area is 166 Å². The van der Waals surface area contributed by atoms with Gasteiger partial charge in [-0.1, -0.05) is 18.1 Å². The lowest BCUT2D eigenvalue weighted by atomic mass is 10.0. The molecule has 0 radical (unpaired) electrons. The maximum absolute atomic E-state index is 12.3. The fraction of sp³-hybridized carbons (Fsp3) is 0.200. The van der Waals surface area contributed by atoms with E-state index in [2.05, 4.69) is 26.3 Å². The highest BCUT2D eigenvalue weighted by Gasteiger charge is 2.31. The van der Waals surface area contributed by atoms with E-state index in [1.165, 1.54) is 0 Å². The van der Waals surface area contributed by atoms with Crippen LogP contribution in [0.3, 0.4) is 0 Å². The van der Waals surface area contributed by atoms with Crippen LogP contribution in [0.15, 0.2) is 42.7 Å². The fourth-order valence-electron chi connectivity index (χ4n) is 3.06. The van der Waals surface area contributed by atoms with E-state index in [0.717, 1.165) is 16.8 Å². The second kappa shape index (κ2) is 7.74. The van der Waals surface area contributed by atoms with Crippen molar-refractivity contribution < 1.29 is 9.53 Å². The third-order valence-electron chi connectivity index (χ3n) is 4.25. The molecule has 1 atom stereocenters. The molecule has 0 spiro atoms. The normalized spacial score (nSPS) is 15.9. The van der Waals surface area contributed by atoms with Gasteiger partial charge >= 0.3 is 0 Å². The van der Waals surface area contributed by atoms with Gasteiger partial charge in [0, 0.05) is 18.0 Å². The van der Waals surface area contributed by atoms with Crippen molar-refractivity contribution in [1.29, 1.82) is 0 Å². The summed E-state index contributed by atoms with van der Waals surface area (Å²) in [6.07, 6.45) is 8.53. The molecular weight excluding hydrogens is 374 g/mol. The third kappa shape index (κ3) is 3.44. The van der Waals surface area contributed by atoms with E-state index in [1.54, 1.807) is 34.9 Å². The molecule has 0 saturated carbocycles. The first kappa shape index (κ1) is 18.1. The molecular formula is C20H17N5O2S. The molecule has 8 heteroatoms. The largest absolute Gasteiger partial charge is 0.481 e. The SMILES string of the molecule is C#CCOc1ccc([C@@H]2SCC(=O)Nc3c2c(C)nn3-c2ncccn2)cc1. The van der Waals surface area contributed by atoms with Gasteiger partial charge in [0.25, 0.3) is 5.95 Å². The van der Waals surface area contributed by atoms with Crippen molar-refractivity contribution in [3.63, 3.8) is 0 Å². The Morgan fingerprint density at radius 3 is 2.79 bits per heavy atom. The molecule has 0 aliphatic carbocycles. The summed E-state index contributed by atoms with van der Waals surface area (Å²) in [5.74, 6) is 4.43. The van der Waals surface area contributed by atoms with Gasteiger partial charge in [0.1, 0.15) is 18.2 Å². The number of benzene rings is 1. The zero-order chi connectivity index (χ0) is 19.5. The Kier molecular flexibility index (Phi) is 5.00. The Bertz CT molecular complexity index is 1040. The molecule has 0 bridgehead atoms. The van der Waals surface area contributed by atoms with Crippen LogP contribution >= 0.6 is 11.8 Å². The zero-order valence-electron chi connectivity index (χ0n) is 15.1. The number of carbonyl (C=O) groups is 1. The summed E-state index contributed by atoms with van der Waals surface area (Å²) in [6, 6.07) is 9.47. The first-order valence-electron chi connectivity index (χ1n) is 8.62. The highest BCUT2D eigenvalue weighted by molar-refractivity contribution is 8.00. The Morgan fingerprint density at radius 1 is 1.32 bits per heavy atom. The minimum absolute atomic E-state index is 0.0619. The van der Waals surface area contributed by atoms with Gasteiger partial charge in [-0.2, -0.15) is 9.78 Å². The average molecular weight is 391 g/mol. The van der Waals surface area contributed by atoms with Gasteiger partial charge < -0.3 is 10.1 Å². The summed E-state index contributed by atoms with van der Waals surface area (Å²) in [6.45, 7) is 2.15. The Hall–Kier alpha value is -3.31. The van der Waals surface area contributed by atoms with Crippen molar-refractivity contribution in [2.75, 3.05) is 17.7 Å². The lowest BCUT2D eigenvalue weighted by Crippen LogP contribution is -2.16. The number of amides is 1. The van der Waals surface area contributed by atoms with Crippen LogP contribution in [0.25, 0.3) is 5.95 Å². The smallest absolute Gasteiger partial charge is 0.252 e. The molecule has 1 N–H and O–H groups in total. The zero-order valence-corrected chi connectivity index (χ0v) is 15.9. The minimum Gasteiger partial charge on any atom is -0.481 e. The molecule has 1 amide bonds. The summed E-state index contributed by atoms with van der Waals surface area (Å²) in [5.41, 5.74) is 2.81. The van der Waals surface area contributed by atoms with Gasteiger partial charge in [0.2, 0.25) is 5.91 Å². The third-order valence-corrected chi connectivity index (χ3v) is 5.52. The molecule has 1 aliphatic rings. The van der Waals surface area contributed by atoms with Crippen LogP contribution in [-0.2, 0) is 4.79 Å². The molecule has 7 nitrogen and oxygen atoms in total. The van der Waals surface area contributed by atoms with Gasteiger partial charge in [-0.15, -0.1) is 18.2 Å². The van der Waals surface area contributed by atoms with E-state index in [9.17, 15) is 4.79 Å². The molecule has 2 aromatic heterocycles. The van der Waals surface area contributed by atoms with Crippen molar-refractivity contribution in [3.8, 4) is 24.0 Å². The number of hydrogen-bond acceptors (Lipinski definition) is 6. The molecule has 140 valence electrons. The number of hydrogen-bond donors (Lipinski definition) is 1. The van der Waals surface area contributed by atoms with Gasteiger partial charge in [-0.25, -0.2) is 9.97 Å². The van der Waals surface area contributed by atoms with Crippen molar-refractivity contribution >= 4 is 23.5 Å². The van der Waals surface area contributed by atoms with E-state index in [1.807, 2.05) is 31.2 Å². The van der Waals surface area contributed by atoms with Gasteiger partial charge in [0.05, 0.1) is 16.7 Å². The van der Waals surface area contributed by atoms with E-state index in [0.29, 0.717) is 23.3 Å². The topological polar surface area (TPSA) is 81.9 Å². The van der Waals surface area contributed by atoms with Crippen molar-refractivity contribution in [2.24, 2.45) is 0 Å². The number of anilines is 1. The highest BCUT2D eigenvalue weighted by atomic mass is 32.2. The van der Waals surface area contributed by atoms with E-state index < -0.39 is 0 Å². The van der Waals surface area contributed by atoms with Crippen LogP contribution < -0.4 is 10.1 Å². The Balaban J connectivity index is 1.77. The van der Waals surface area contributed by atoms with Crippen molar-refractivity contribution in [2.45, 2.75) is 12.2 Å². The van der Waals surface area contributed by atoms with Crippen molar-refractivity contribution in [3.05, 3.63) is 59.5 Å². The lowest BCUT2D eigenvalue weighted by Gasteiger charge is -2.15. The molecule has 1 aromatic carbocycles. The van der Waals surface area contributed by atoms with Crippen LogP contribution in [0, 0.1) is 19.3 Å². The van der Waals surface area contributed by atoms with Gasteiger partial charge in [0.15, 0.2) is 0 Å². The molecule has 3 aromatic rings. The maximum Gasteiger partial charge on any atom is 0.252 e. The predicted octanol–water partition coefficient (Wildman–Crippen LogP) is 2.76. The standard InChI is InChI=1S/C20H17N5O2S/c1-3-11-27-15-7-5-14(6-8-15)18-17-13(2)24-25(20-21-9-4-10-22-20)19(17)23-16(26)12-28-18/h1,4-10,18H,11-12H2,2H3,(H,23,26)/t18-/m0/s1. The summed E-state index contributed by atoms with van der Waals surface area (Å²) in [7, 11) is 0. The highest BCUT2D eigenvalue weighted by Crippen LogP contribution is 2.43. The first-order valence-corrected chi connectivity index (χ1v) is 9.67. The lowest BCUT2D eigenvalue weighted by molar-refractivity contribution is -0.113. The summed E-state index contributed by atoms with van der Waals surface area (Å²) < 4.78 is 7.04. The number of thioether (sulfide) groups is 1. The van der Waals surface area contributed by atoms with Gasteiger partial charge in [-0.05, 0) is 30.7 Å². The van der Waals surface area contributed by atoms with Crippen molar-refractivity contribution in [1.82, 2.24) is 19.7 Å². The monoisotopic (exact) mass is 391 g/mol. The predicted molar refractivity (Wildman–Crippen MR) is 108 cm³/mol. The van der Waals surface area contributed by atoms with Crippen LogP contribution in [0.2, 0.25) is 0 Å². The number of nitrogens with zero attached hydrogens (tertiary/aromatic N) is 4. The summed E-state index contributed by atoms with van der Waals surface area (Å²) in [4.78, 5) is 20.9. The van der Waals surface area contributed by atoms with E-state index in [4.69, 9.17) is 11.2 Å².